The molecule has 1 aliphatic carbocycles. The maximum Gasteiger partial charge on any atom is 0.220 e. The first-order chi connectivity index (χ1) is 8.27. The van der Waals surface area contributed by atoms with Crippen molar-refractivity contribution in [2.45, 2.75) is 56.7 Å². The van der Waals surface area contributed by atoms with E-state index in [1.165, 1.54) is 19.3 Å². The fourth-order valence-corrected chi connectivity index (χ4v) is 3.24. The van der Waals surface area contributed by atoms with Crippen LogP contribution in [-0.4, -0.2) is 36.7 Å². The number of amides is 1. The molecule has 0 aromatic rings. The van der Waals surface area contributed by atoms with Gasteiger partial charge in [0.1, 0.15) is 0 Å². The number of hydrogen-bond acceptors (Lipinski definition) is 3. The van der Waals surface area contributed by atoms with Crippen LogP contribution in [0, 0.1) is 0 Å². The molecule has 100 valence electrons. The third-order valence-corrected chi connectivity index (χ3v) is 4.42. The minimum atomic E-state index is 0.190. The zero-order valence-corrected chi connectivity index (χ0v) is 11.9. The summed E-state index contributed by atoms with van der Waals surface area (Å²) in [6, 6.07) is 0.387. The van der Waals surface area contributed by atoms with Gasteiger partial charge in [-0.2, -0.15) is 11.8 Å². The van der Waals surface area contributed by atoms with Gasteiger partial charge in [0.15, 0.2) is 0 Å². The maximum atomic E-state index is 11.8. The minimum Gasteiger partial charge on any atom is -0.382 e. The van der Waals surface area contributed by atoms with Gasteiger partial charge in [0.2, 0.25) is 5.91 Å². The molecule has 17 heavy (non-hydrogen) atoms. The molecule has 3 nitrogen and oxygen atoms in total. The van der Waals surface area contributed by atoms with E-state index < -0.39 is 0 Å². The van der Waals surface area contributed by atoms with Crippen molar-refractivity contribution in [3.05, 3.63) is 0 Å². The lowest BCUT2D eigenvalue weighted by Crippen LogP contribution is -2.43. The predicted octanol–water partition coefficient (Wildman–Crippen LogP) is 2.59. The van der Waals surface area contributed by atoms with Crippen LogP contribution in [0.2, 0.25) is 0 Å². The van der Waals surface area contributed by atoms with E-state index in [2.05, 4.69) is 11.6 Å². The molecular weight excluding hydrogens is 234 g/mol. The summed E-state index contributed by atoms with van der Waals surface area (Å²) in [4.78, 5) is 11.8. The van der Waals surface area contributed by atoms with E-state index in [0.29, 0.717) is 24.3 Å². The number of nitrogens with one attached hydrogen (secondary N) is 1. The Morgan fingerprint density at radius 2 is 2.18 bits per heavy atom. The molecule has 1 rings (SSSR count). The van der Waals surface area contributed by atoms with Gasteiger partial charge in [-0.3, -0.25) is 4.79 Å². The predicted molar refractivity (Wildman–Crippen MR) is 73.4 cm³/mol. The highest BCUT2D eigenvalue weighted by atomic mass is 32.2. The summed E-state index contributed by atoms with van der Waals surface area (Å²) in [6.45, 7) is 3.41. The van der Waals surface area contributed by atoms with E-state index in [-0.39, 0.29) is 5.91 Å². The summed E-state index contributed by atoms with van der Waals surface area (Å²) in [6.07, 6.45) is 8.51. The molecule has 0 aromatic heterocycles. The lowest BCUT2D eigenvalue weighted by Gasteiger charge is -2.30. The van der Waals surface area contributed by atoms with Gasteiger partial charge < -0.3 is 10.1 Å². The molecule has 2 atom stereocenters. The average Bonchev–Trinajstić information content (AvgIpc) is 2.35. The Hall–Kier alpha value is -0.220. The first-order valence-electron chi connectivity index (χ1n) is 6.67. The number of hydrogen-bond donors (Lipinski definition) is 1. The van der Waals surface area contributed by atoms with Crippen molar-refractivity contribution in [1.29, 1.82) is 0 Å². The van der Waals surface area contributed by atoms with Crippen molar-refractivity contribution < 1.29 is 9.53 Å². The molecule has 0 spiro atoms. The van der Waals surface area contributed by atoms with Gasteiger partial charge in [-0.1, -0.05) is 12.8 Å². The lowest BCUT2D eigenvalue weighted by atomic mass is 9.94. The van der Waals surface area contributed by atoms with E-state index in [0.717, 1.165) is 19.4 Å². The van der Waals surface area contributed by atoms with Crippen molar-refractivity contribution in [2.75, 3.05) is 19.5 Å². The summed E-state index contributed by atoms with van der Waals surface area (Å²) >= 11 is 1.89. The van der Waals surface area contributed by atoms with Gasteiger partial charge in [-0.15, -0.1) is 0 Å². The normalized spacial score (nSPS) is 24.6. The van der Waals surface area contributed by atoms with Crippen LogP contribution >= 0.6 is 11.8 Å². The van der Waals surface area contributed by atoms with Gasteiger partial charge in [-0.25, -0.2) is 0 Å². The van der Waals surface area contributed by atoms with Crippen LogP contribution < -0.4 is 5.32 Å². The quantitative estimate of drug-likeness (QED) is 0.714. The van der Waals surface area contributed by atoms with E-state index >= 15 is 0 Å². The van der Waals surface area contributed by atoms with E-state index in [4.69, 9.17) is 4.74 Å². The second-order valence-electron chi connectivity index (χ2n) is 4.53. The summed E-state index contributed by atoms with van der Waals surface area (Å²) in [5.41, 5.74) is 0. The second kappa shape index (κ2) is 8.81. The molecule has 0 aliphatic heterocycles. The molecule has 0 saturated heterocycles. The Balaban J connectivity index is 2.19. The van der Waals surface area contributed by atoms with Crippen LogP contribution in [0.3, 0.4) is 0 Å². The lowest BCUT2D eigenvalue weighted by molar-refractivity contribution is -0.122. The summed E-state index contributed by atoms with van der Waals surface area (Å²) in [5, 5.41) is 3.79. The topological polar surface area (TPSA) is 38.3 Å². The summed E-state index contributed by atoms with van der Waals surface area (Å²) in [7, 11) is 0. The van der Waals surface area contributed by atoms with Gasteiger partial charge in [0.25, 0.3) is 0 Å². The van der Waals surface area contributed by atoms with Crippen molar-refractivity contribution in [2.24, 2.45) is 0 Å². The molecule has 0 radical (unpaired) electrons. The highest BCUT2D eigenvalue weighted by Gasteiger charge is 2.25. The maximum absolute atomic E-state index is 11.8. The summed E-state index contributed by atoms with van der Waals surface area (Å²) < 4.78 is 5.23. The number of carbonyl (C=O) groups excluding carboxylic acids is 1. The number of carbonyl (C=O) groups is 1. The van der Waals surface area contributed by atoms with E-state index in [1.807, 2.05) is 18.7 Å². The molecule has 0 bridgehead atoms. The van der Waals surface area contributed by atoms with Crippen LogP contribution in [0.15, 0.2) is 0 Å². The Bertz CT molecular complexity index is 223. The second-order valence-corrected chi connectivity index (χ2v) is 5.61. The molecule has 0 aromatic carbocycles. The Morgan fingerprint density at radius 3 is 2.88 bits per heavy atom. The zero-order chi connectivity index (χ0) is 12.5. The zero-order valence-electron chi connectivity index (χ0n) is 11.0. The monoisotopic (exact) mass is 259 g/mol. The highest BCUT2D eigenvalue weighted by Crippen LogP contribution is 2.27. The third-order valence-electron chi connectivity index (χ3n) is 3.25. The molecule has 1 aliphatic rings. The van der Waals surface area contributed by atoms with Crippen LogP contribution in [0.1, 0.15) is 45.4 Å². The van der Waals surface area contributed by atoms with Gasteiger partial charge in [0.05, 0.1) is 0 Å². The van der Waals surface area contributed by atoms with Gasteiger partial charge >= 0.3 is 0 Å². The van der Waals surface area contributed by atoms with Crippen LogP contribution in [0.4, 0.5) is 0 Å². The van der Waals surface area contributed by atoms with Crippen molar-refractivity contribution in [3.8, 4) is 0 Å². The van der Waals surface area contributed by atoms with E-state index in [9.17, 15) is 4.79 Å². The molecule has 0 heterocycles. The Labute approximate surface area is 109 Å². The molecule has 4 heteroatoms. The average molecular weight is 259 g/mol. The number of rotatable bonds is 7. The Morgan fingerprint density at radius 1 is 1.41 bits per heavy atom. The van der Waals surface area contributed by atoms with E-state index in [1.54, 1.807) is 0 Å². The molecule has 1 saturated carbocycles. The van der Waals surface area contributed by atoms with Crippen LogP contribution in [-0.2, 0) is 9.53 Å². The Kier molecular flexibility index (Phi) is 7.69. The molecular formula is C13H25NO2S. The first-order valence-corrected chi connectivity index (χ1v) is 7.96. The number of ether oxygens (including phenoxy) is 1. The summed E-state index contributed by atoms with van der Waals surface area (Å²) in [5.74, 6) is 0.190. The molecule has 1 N–H and O–H groups in total. The standard InChI is InChI=1S/C13H25NO2S/c1-3-16-10-6-9-13(15)14-11-7-4-5-8-12(11)17-2/h11-12H,3-10H2,1-2H3,(H,14,15)/t11-,12+/m0/s1. The fourth-order valence-electron chi connectivity index (χ4n) is 2.30. The van der Waals surface area contributed by atoms with Crippen molar-refractivity contribution >= 4 is 17.7 Å². The first kappa shape index (κ1) is 14.8. The van der Waals surface area contributed by atoms with Gasteiger partial charge in [0, 0.05) is 30.9 Å². The fraction of sp³-hybridized carbons (Fsp3) is 0.923. The minimum absolute atomic E-state index is 0.190. The number of thioether (sulfide) groups is 1. The molecule has 1 amide bonds. The molecule has 1 fully saturated rings. The third kappa shape index (κ3) is 5.77. The smallest absolute Gasteiger partial charge is 0.220 e. The largest absolute Gasteiger partial charge is 0.382 e. The van der Waals surface area contributed by atoms with Gasteiger partial charge in [-0.05, 0) is 32.4 Å². The van der Waals surface area contributed by atoms with Crippen molar-refractivity contribution in [3.63, 3.8) is 0 Å². The SMILES string of the molecule is CCOCCCC(=O)N[C@H]1CCCC[C@H]1SC. The van der Waals surface area contributed by atoms with Crippen LogP contribution in [0.25, 0.3) is 0 Å². The molecule has 0 unspecified atom stereocenters. The van der Waals surface area contributed by atoms with Crippen LogP contribution in [0.5, 0.6) is 0 Å². The highest BCUT2D eigenvalue weighted by molar-refractivity contribution is 7.99. The van der Waals surface area contributed by atoms with Crippen molar-refractivity contribution in [1.82, 2.24) is 5.32 Å².